The van der Waals surface area contributed by atoms with E-state index < -0.39 is 32.0 Å². The number of carbonyl (C=O) groups excluding carboxylic acids is 1. The van der Waals surface area contributed by atoms with Crippen molar-refractivity contribution in [3.63, 3.8) is 0 Å². The Morgan fingerprint density at radius 1 is 1.29 bits per heavy atom. The summed E-state index contributed by atoms with van der Waals surface area (Å²) in [6.07, 6.45) is 0. The Bertz CT molecular complexity index is 481. The van der Waals surface area contributed by atoms with Gasteiger partial charge in [0.25, 0.3) is 0 Å². The molecule has 0 atom stereocenters. The van der Waals surface area contributed by atoms with Crippen LogP contribution in [0.2, 0.25) is 0 Å². The zero-order valence-electron chi connectivity index (χ0n) is 10.5. The smallest absolute Gasteiger partial charge is 0.314 e. The van der Waals surface area contributed by atoms with Crippen LogP contribution >= 0.6 is 0 Å². The maximum atomic E-state index is 11.8. The van der Waals surface area contributed by atoms with E-state index in [0.29, 0.717) is 0 Å². The van der Waals surface area contributed by atoms with Gasteiger partial charge in [-0.05, 0) is 34.6 Å². The first-order chi connectivity index (χ1) is 7.38. The molecule has 0 aromatic rings. The molecule has 1 heterocycles. The summed E-state index contributed by atoms with van der Waals surface area (Å²) in [6.45, 7) is 7.37. The zero-order chi connectivity index (χ0) is 13.6. The van der Waals surface area contributed by atoms with Crippen molar-refractivity contribution in [2.45, 2.75) is 45.0 Å². The van der Waals surface area contributed by atoms with Crippen LogP contribution < -0.4 is 5.73 Å². The van der Waals surface area contributed by atoms with Gasteiger partial charge in [0.2, 0.25) is 17.4 Å². The molecule has 0 aromatic carbocycles. The molecule has 0 unspecified atom stereocenters. The minimum absolute atomic E-state index is 0.298. The minimum atomic E-state index is -3.94. The summed E-state index contributed by atoms with van der Waals surface area (Å²) in [6, 6.07) is 0. The Kier molecular flexibility index (Phi) is 2.95. The van der Waals surface area contributed by atoms with E-state index in [1.807, 2.05) is 0 Å². The molecule has 6 nitrogen and oxygen atoms in total. The van der Waals surface area contributed by atoms with Gasteiger partial charge in [-0.3, -0.25) is 4.79 Å². The van der Waals surface area contributed by atoms with E-state index in [9.17, 15) is 13.2 Å². The summed E-state index contributed by atoms with van der Waals surface area (Å²) in [7, 11) is -3.94. The molecule has 17 heavy (non-hydrogen) atoms. The molecular formula is C10H17NO5S. The average Bonchev–Trinajstić information content (AvgIpc) is 2.26. The SMILES string of the molecule is CC1(C)OC(N)=C(OS(=O)(=O)C(C)(C)C)C1=O. The second-order valence-corrected chi connectivity index (χ2v) is 7.58. The fourth-order valence-electron chi connectivity index (χ4n) is 1.07. The van der Waals surface area contributed by atoms with E-state index in [4.69, 9.17) is 14.7 Å². The fraction of sp³-hybridized carbons (Fsp3) is 0.700. The molecule has 7 heteroatoms. The second kappa shape index (κ2) is 3.63. The number of Topliss-reactive ketones (excluding diaryl/α,β-unsaturated/α-hetero) is 1. The Labute approximate surface area is 101 Å². The Morgan fingerprint density at radius 3 is 2.06 bits per heavy atom. The van der Waals surface area contributed by atoms with Crippen LogP contribution in [0, 0.1) is 0 Å². The van der Waals surface area contributed by atoms with Crippen molar-refractivity contribution in [2.24, 2.45) is 5.73 Å². The molecule has 1 rings (SSSR count). The van der Waals surface area contributed by atoms with E-state index in [0.717, 1.165) is 0 Å². The first-order valence-electron chi connectivity index (χ1n) is 5.06. The van der Waals surface area contributed by atoms with Crippen LogP contribution in [0.1, 0.15) is 34.6 Å². The number of nitrogens with two attached hydrogens (primary N) is 1. The van der Waals surface area contributed by atoms with Gasteiger partial charge in [0.1, 0.15) is 0 Å². The molecule has 0 bridgehead atoms. The maximum absolute atomic E-state index is 11.8. The van der Waals surface area contributed by atoms with E-state index >= 15 is 0 Å². The Hall–Kier alpha value is -1.24. The second-order valence-electron chi connectivity index (χ2n) is 5.28. The largest absolute Gasteiger partial charge is 0.462 e. The number of hydrogen-bond acceptors (Lipinski definition) is 6. The van der Waals surface area contributed by atoms with Crippen LogP contribution in [0.15, 0.2) is 11.6 Å². The van der Waals surface area contributed by atoms with Gasteiger partial charge in [-0.15, -0.1) is 0 Å². The van der Waals surface area contributed by atoms with E-state index in [-0.39, 0.29) is 5.88 Å². The molecular weight excluding hydrogens is 246 g/mol. The molecule has 0 fully saturated rings. The van der Waals surface area contributed by atoms with Gasteiger partial charge in [-0.2, -0.15) is 8.42 Å². The number of ether oxygens (including phenoxy) is 1. The zero-order valence-corrected chi connectivity index (χ0v) is 11.3. The summed E-state index contributed by atoms with van der Waals surface area (Å²) >= 11 is 0. The predicted octanol–water partition coefficient (Wildman–Crippen LogP) is 0.637. The number of rotatable bonds is 2. The Balaban J connectivity index is 3.08. The molecule has 0 radical (unpaired) electrons. The molecule has 0 amide bonds. The summed E-state index contributed by atoms with van der Waals surface area (Å²) in [5.74, 6) is -1.32. The maximum Gasteiger partial charge on any atom is 0.314 e. The lowest BCUT2D eigenvalue weighted by atomic mass is 10.1. The third-order valence-electron chi connectivity index (χ3n) is 2.28. The number of ketones is 1. The van der Waals surface area contributed by atoms with E-state index in [1.165, 1.54) is 34.6 Å². The molecule has 0 saturated heterocycles. The van der Waals surface area contributed by atoms with Crippen LogP contribution in [0.25, 0.3) is 0 Å². The summed E-state index contributed by atoms with van der Waals surface area (Å²) in [5, 5.41) is 0. The highest BCUT2D eigenvalue weighted by atomic mass is 32.2. The normalized spacial score (nSPS) is 20.4. The first-order valence-corrected chi connectivity index (χ1v) is 6.47. The van der Waals surface area contributed by atoms with Crippen molar-refractivity contribution in [2.75, 3.05) is 0 Å². The van der Waals surface area contributed by atoms with Gasteiger partial charge in [0.05, 0.1) is 4.75 Å². The van der Waals surface area contributed by atoms with Gasteiger partial charge < -0.3 is 14.7 Å². The third-order valence-corrected chi connectivity index (χ3v) is 4.17. The lowest BCUT2D eigenvalue weighted by Gasteiger charge is -2.19. The van der Waals surface area contributed by atoms with Crippen molar-refractivity contribution in [3.05, 3.63) is 11.6 Å². The van der Waals surface area contributed by atoms with Crippen molar-refractivity contribution in [1.29, 1.82) is 0 Å². The number of carbonyl (C=O) groups is 1. The molecule has 1 aliphatic heterocycles. The van der Waals surface area contributed by atoms with Crippen molar-refractivity contribution in [3.8, 4) is 0 Å². The van der Waals surface area contributed by atoms with Gasteiger partial charge >= 0.3 is 10.1 Å². The topological polar surface area (TPSA) is 95.7 Å². The quantitative estimate of drug-likeness (QED) is 0.734. The van der Waals surface area contributed by atoms with E-state index in [1.54, 1.807) is 0 Å². The molecule has 1 aliphatic rings. The van der Waals surface area contributed by atoms with Crippen LogP contribution in [0.4, 0.5) is 0 Å². The molecule has 0 spiro atoms. The lowest BCUT2D eigenvalue weighted by molar-refractivity contribution is -0.129. The van der Waals surface area contributed by atoms with Gasteiger partial charge in [0.15, 0.2) is 5.60 Å². The molecule has 98 valence electrons. The first kappa shape index (κ1) is 13.8. The van der Waals surface area contributed by atoms with Crippen molar-refractivity contribution < 1.29 is 22.1 Å². The van der Waals surface area contributed by atoms with Gasteiger partial charge in [-0.25, -0.2) is 0 Å². The predicted molar refractivity (Wildman–Crippen MR) is 61.1 cm³/mol. The minimum Gasteiger partial charge on any atom is -0.462 e. The third kappa shape index (κ3) is 2.38. The lowest BCUT2D eigenvalue weighted by Crippen LogP contribution is -2.34. The highest BCUT2D eigenvalue weighted by molar-refractivity contribution is 7.88. The summed E-state index contributed by atoms with van der Waals surface area (Å²) in [5.41, 5.74) is 4.25. The molecule has 0 aliphatic carbocycles. The summed E-state index contributed by atoms with van der Waals surface area (Å²) < 4.78 is 32.3. The number of hydrogen-bond donors (Lipinski definition) is 1. The van der Waals surface area contributed by atoms with Crippen LogP contribution in [0.3, 0.4) is 0 Å². The molecule has 2 N–H and O–H groups in total. The average molecular weight is 263 g/mol. The molecule has 0 aromatic heterocycles. The standard InChI is InChI=1S/C10H17NO5S/c1-9(2,3)17(13,14)16-6-7(12)10(4,5)15-8(6)11/h11H2,1-5H3. The van der Waals surface area contributed by atoms with Crippen molar-refractivity contribution in [1.82, 2.24) is 0 Å². The van der Waals surface area contributed by atoms with E-state index in [2.05, 4.69) is 0 Å². The van der Waals surface area contributed by atoms with Gasteiger partial charge in [-0.1, -0.05) is 0 Å². The fourth-order valence-corrected chi connectivity index (χ4v) is 1.69. The van der Waals surface area contributed by atoms with Crippen LogP contribution in [0.5, 0.6) is 0 Å². The van der Waals surface area contributed by atoms with Crippen LogP contribution in [-0.2, 0) is 23.8 Å². The van der Waals surface area contributed by atoms with Crippen LogP contribution in [-0.4, -0.2) is 24.5 Å². The molecule has 0 saturated carbocycles. The summed E-state index contributed by atoms with van der Waals surface area (Å²) in [4.78, 5) is 11.8. The highest BCUT2D eigenvalue weighted by Crippen LogP contribution is 2.31. The van der Waals surface area contributed by atoms with Crippen molar-refractivity contribution >= 4 is 15.9 Å². The Morgan fingerprint density at radius 2 is 1.76 bits per heavy atom. The van der Waals surface area contributed by atoms with Gasteiger partial charge in [0, 0.05) is 0 Å². The monoisotopic (exact) mass is 263 g/mol. The highest BCUT2D eigenvalue weighted by Gasteiger charge is 2.46.